The van der Waals surface area contributed by atoms with Gasteiger partial charge >= 0.3 is 6.18 Å². The predicted octanol–water partition coefficient (Wildman–Crippen LogP) is 4.21. The van der Waals surface area contributed by atoms with Crippen molar-refractivity contribution in [2.75, 3.05) is 13.2 Å². The Morgan fingerprint density at radius 2 is 1.96 bits per heavy atom. The number of nitrogens with one attached hydrogen (secondary N) is 1. The molecule has 1 amide bonds. The first kappa shape index (κ1) is 18.5. The van der Waals surface area contributed by atoms with E-state index in [1.165, 1.54) is 6.07 Å². The van der Waals surface area contributed by atoms with Crippen molar-refractivity contribution in [3.8, 4) is 5.75 Å². The molecule has 1 heterocycles. The number of rotatable bonds is 5. The van der Waals surface area contributed by atoms with Crippen LogP contribution in [0.3, 0.4) is 0 Å². The second kappa shape index (κ2) is 7.15. The number of hydrazine groups is 1. The summed E-state index contributed by atoms with van der Waals surface area (Å²) in [6, 6.07) is 8.16. The molecule has 0 bridgehead atoms. The van der Waals surface area contributed by atoms with Crippen LogP contribution in [0.25, 0.3) is 10.8 Å². The molecule has 26 heavy (non-hydrogen) atoms. The summed E-state index contributed by atoms with van der Waals surface area (Å²) in [5, 5.41) is 2.13. The van der Waals surface area contributed by atoms with E-state index in [0.29, 0.717) is 23.1 Å². The first-order valence-electron chi connectivity index (χ1n) is 8.54. The van der Waals surface area contributed by atoms with Crippen molar-refractivity contribution in [3.05, 3.63) is 42.0 Å². The number of carbonyl (C=O) groups is 1. The highest BCUT2D eigenvalue weighted by molar-refractivity contribution is 5.88. The lowest BCUT2D eigenvalue weighted by Gasteiger charge is -2.30. The van der Waals surface area contributed by atoms with Gasteiger partial charge in [-0.2, -0.15) is 13.2 Å². The molecule has 2 aromatic carbocycles. The van der Waals surface area contributed by atoms with Gasteiger partial charge in [0.25, 0.3) is 0 Å². The monoisotopic (exact) mass is 366 g/mol. The Balaban J connectivity index is 2.11. The van der Waals surface area contributed by atoms with E-state index in [1.54, 1.807) is 30.3 Å². The predicted molar refractivity (Wildman–Crippen MR) is 92.5 cm³/mol. The Kier molecular flexibility index (Phi) is 5.09. The second-order valence-corrected chi connectivity index (χ2v) is 6.86. The van der Waals surface area contributed by atoms with E-state index in [0.717, 1.165) is 5.01 Å². The van der Waals surface area contributed by atoms with Crippen molar-refractivity contribution in [3.63, 3.8) is 0 Å². The highest BCUT2D eigenvalue weighted by Gasteiger charge is 2.47. The third-order valence-corrected chi connectivity index (χ3v) is 4.22. The summed E-state index contributed by atoms with van der Waals surface area (Å²) in [7, 11) is 0. The molecule has 0 spiro atoms. The zero-order valence-corrected chi connectivity index (χ0v) is 14.6. The summed E-state index contributed by atoms with van der Waals surface area (Å²) in [6.45, 7) is 4.36. The zero-order chi connectivity index (χ0) is 18.9. The van der Waals surface area contributed by atoms with E-state index in [2.05, 4.69) is 5.43 Å². The lowest BCUT2D eigenvalue weighted by Crippen LogP contribution is -2.43. The van der Waals surface area contributed by atoms with Crippen LogP contribution in [0.15, 0.2) is 36.4 Å². The molecule has 7 heteroatoms. The van der Waals surface area contributed by atoms with Gasteiger partial charge in [-0.15, -0.1) is 0 Å². The van der Waals surface area contributed by atoms with Gasteiger partial charge in [0.15, 0.2) is 6.04 Å². The van der Waals surface area contributed by atoms with Gasteiger partial charge in [-0.05, 0) is 34.4 Å². The number of alkyl halides is 3. The van der Waals surface area contributed by atoms with Gasteiger partial charge in [0.2, 0.25) is 5.91 Å². The molecule has 1 N–H and O–H groups in total. The third kappa shape index (κ3) is 3.93. The number of fused-ring (bicyclic) bond motifs is 1. The number of halogens is 3. The number of nitrogens with zero attached hydrogens (tertiary/aromatic N) is 1. The maximum atomic E-state index is 13.9. The standard InChI is InChI=1S/C19H21F3N2O2/c1-12(2)11-26-14-9-13-5-3-4-6-15(13)16(10-14)18(19(20,21)22)24-8-7-17(25)23-24/h3-6,9-10,12,18H,7-8,11H2,1-2H3,(H,23,25). The van der Waals surface area contributed by atoms with E-state index < -0.39 is 18.1 Å². The molecule has 1 aliphatic heterocycles. The number of hydrogen-bond donors (Lipinski definition) is 1. The molecule has 0 saturated carbocycles. The minimum absolute atomic E-state index is 0.00835. The van der Waals surface area contributed by atoms with E-state index in [1.807, 2.05) is 13.8 Å². The number of carbonyl (C=O) groups excluding carboxylic acids is 1. The Labute approximate surface area is 149 Å². The molecule has 0 aliphatic carbocycles. The van der Waals surface area contributed by atoms with Crippen molar-refractivity contribution in [2.45, 2.75) is 32.5 Å². The molecule has 3 rings (SSSR count). The average Bonchev–Trinajstić information content (AvgIpc) is 2.97. The van der Waals surface area contributed by atoms with Gasteiger partial charge in [-0.3, -0.25) is 10.2 Å². The van der Waals surface area contributed by atoms with Crippen molar-refractivity contribution in [1.29, 1.82) is 0 Å². The molecule has 0 radical (unpaired) electrons. The fraction of sp³-hybridized carbons (Fsp3) is 0.421. The van der Waals surface area contributed by atoms with E-state index in [-0.39, 0.29) is 24.4 Å². The van der Waals surface area contributed by atoms with Gasteiger partial charge < -0.3 is 4.74 Å². The fourth-order valence-corrected chi connectivity index (χ4v) is 3.09. The molecule has 0 aromatic heterocycles. The Hall–Kier alpha value is -2.28. The topological polar surface area (TPSA) is 41.6 Å². The quantitative estimate of drug-likeness (QED) is 0.862. The summed E-state index contributed by atoms with van der Waals surface area (Å²) in [5.41, 5.74) is 2.41. The number of benzene rings is 2. The minimum atomic E-state index is -4.54. The van der Waals surface area contributed by atoms with Crippen LogP contribution in [0.2, 0.25) is 0 Å². The molecular weight excluding hydrogens is 345 g/mol. The second-order valence-electron chi connectivity index (χ2n) is 6.86. The SMILES string of the molecule is CC(C)COc1cc(C(N2CCC(=O)N2)C(F)(F)F)c2ccccc2c1. The maximum absolute atomic E-state index is 13.9. The van der Waals surface area contributed by atoms with Gasteiger partial charge in [-0.25, -0.2) is 5.01 Å². The Morgan fingerprint density at radius 1 is 1.23 bits per heavy atom. The van der Waals surface area contributed by atoms with E-state index >= 15 is 0 Å². The van der Waals surface area contributed by atoms with Crippen LogP contribution in [0.4, 0.5) is 13.2 Å². The lowest BCUT2D eigenvalue weighted by atomic mass is 9.97. The van der Waals surface area contributed by atoms with Gasteiger partial charge in [0.05, 0.1) is 6.61 Å². The normalized spacial score (nSPS) is 16.9. The van der Waals surface area contributed by atoms with Crippen LogP contribution in [0.1, 0.15) is 31.9 Å². The first-order chi connectivity index (χ1) is 12.3. The minimum Gasteiger partial charge on any atom is -0.493 e. The number of hydrogen-bond acceptors (Lipinski definition) is 3. The van der Waals surface area contributed by atoms with Crippen LogP contribution in [-0.4, -0.2) is 30.2 Å². The summed E-state index contributed by atoms with van der Waals surface area (Å²) >= 11 is 0. The summed E-state index contributed by atoms with van der Waals surface area (Å²) in [5.74, 6) is 0.240. The molecule has 1 unspecified atom stereocenters. The molecule has 2 aromatic rings. The summed E-state index contributed by atoms with van der Waals surface area (Å²) < 4.78 is 47.5. The van der Waals surface area contributed by atoms with Crippen molar-refractivity contribution in [2.24, 2.45) is 5.92 Å². The Morgan fingerprint density at radius 3 is 2.58 bits per heavy atom. The van der Waals surface area contributed by atoms with Crippen molar-refractivity contribution < 1.29 is 22.7 Å². The highest BCUT2D eigenvalue weighted by Crippen LogP contribution is 2.42. The fourth-order valence-electron chi connectivity index (χ4n) is 3.09. The van der Waals surface area contributed by atoms with E-state index in [4.69, 9.17) is 4.74 Å². The molecule has 1 fully saturated rings. The van der Waals surface area contributed by atoms with Crippen LogP contribution >= 0.6 is 0 Å². The first-order valence-corrected chi connectivity index (χ1v) is 8.54. The lowest BCUT2D eigenvalue weighted by molar-refractivity contribution is -0.190. The molecule has 140 valence electrons. The van der Waals surface area contributed by atoms with Crippen LogP contribution in [-0.2, 0) is 4.79 Å². The van der Waals surface area contributed by atoms with Gasteiger partial charge in [0, 0.05) is 13.0 Å². The Bertz CT molecular complexity index is 805. The maximum Gasteiger partial charge on any atom is 0.409 e. The van der Waals surface area contributed by atoms with Crippen LogP contribution < -0.4 is 10.2 Å². The summed E-state index contributed by atoms with van der Waals surface area (Å²) in [6.07, 6.45) is -4.49. The average molecular weight is 366 g/mol. The van der Waals surface area contributed by atoms with E-state index in [9.17, 15) is 18.0 Å². The van der Waals surface area contributed by atoms with Gasteiger partial charge in [-0.1, -0.05) is 38.1 Å². The molecule has 1 saturated heterocycles. The molecule has 1 atom stereocenters. The highest BCUT2D eigenvalue weighted by atomic mass is 19.4. The molecular formula is C19H21F3N2O2. The van der Waals surface area contributed by atoms with Crippen molar-refractivity contribution >= 4 is 16.7 Å². The van der Waals surface area contributed by atoms with Crippen molar-refractivity contribution in [1.82, 2.24) is 10.4 Å². The van der Waals surface area contributed by atoms with Crippen LogP contribution in [0, 0.1) is 5.92 Å². The smallest absolute Gasteiger partial charge is 0.409 e. The number of ether oxygens (including phenoxy) is 1. The number of amides is 1. The van der Waals surface area contributed by atoms with Crippen LogP contribution in [0.5, 0.6) is 5.75 Å². The largest absolute Gasteiger partial charge is 0.493 e. The zero-order valence-electron chi connectivity index (χ0n) is 14.6. The summed E-state index contributed by atoms with van der Waals surface area (Å²) in [4.78, 5) is 11.5. The molecule has 1 aliphatic rings. The molecule has 4 nitrogen and oxygen atoms in total. The third-order valence-electron chi connectivity index (χ3n) is 4.22. The van der Waals surface area contributed by atoms with Gasteiger partial charge in [0.1, 0.15) is 5.75 Å².